The zero-order chi connectivity index (χ0) is 21.6. The Hall–Kier alpha value is -3.32. The topological polar surface area (TPSA) is 107 Å². The summed E-state index contributed by atoms with van der Waals surface area (Å²) in [6.45, 7) is 1.63. The van der Waals surface area contributed by atoms with Gasteiger partial charge in [0.2, 0.25) is 0 Å². The largest absolute Gasteiger partial charge is 0.369 e. The van der Waals surface area contributed by atoms with E-state index in [1.807, 2.05) is 30.3 Å². The highest BCUT2D eigenvalue weighted by Gasteiger charge is 2.21. The van der Waals surface area contributed by atoms with Crippen molar-refractivity contribution in [3.8, 4) is 0 Å². The Labute approximate surface area is 181 Å². The number of fused-ring (bicyclic) bond motifs is 1. The molecular formula is C24H27N5O2. The summed E-state index contributed by atoms with van der Waals surface area (Å²) in [5.74, 6) is 2.60. The molecule has 3 N–H and O–H groups in total. The molecule has 3 aromatic rings. The summed E-state index contributed by atoms with van der Waals surface area (Å²) >= 11 is 0. The highest BCUT2D eigenvalue weighted by Crippen LogP contribution is 2.29. The van der Waals surface area contributed by atoms with Gasteiger partial charge in [-0.1, -0.05) is 36.8 Å². The number of nitrogens with one attached hydrogen (secondary N) is 1. The van der Waals surface area contributed by atoms with Crippen molar-refractivity contribution in [2.24, 2.45) is 17.6 Å². The molecule has 4 rings (SSSR count). The summed E-state index contributed by atoms with van der Waals surface area (Å²) in [5, 5.41) is 15.5. The molecular weight excluding hydrogens is 390 g/mol. The van der Waals surface area contributed by atoms with Crippen LogP contribution in [0.3, 0.4) is 0 Å². The Morgan fingerprint density at radius 2 is 1.94 bits per heavy atom. The van der Waals surface area contributed by atoms with Gasteiger partial charge in [-0.25, -0.2) is 9.97 Å². The lowest BCUT2D eigenvalue weighted by Crippen LogP contribution is -2.26. The van der Waals surface area contributed by atoms with Gasteiger partial charge in [-0.3, -0.25) is 10.1 Å². The summed E-state index contributed by atoms with van der Waals surface area (Å²) in [7, 11) is 0. The molecule has 2 atom stereocenters. The lowest BCUT2D eigenvalue weighted by atomic mass is 9.81. The minimum absolute atomic E-state index is 0.0622. The van der Waals surface area contributed by atoms with Gasteiger partial charge in [0.15, 0.2) is 5.82 Å². The van der Waals surface area contributed by atoms with Crippen molar-refractivity contribution in [1.29, 1.82) is 0 Å². The van der Waals surface area contributed by atoms with Crippen LogP contribution >= 0.6 is 0 Å². The van der Waals surface area contributed by atoms with E-state index in [9.17, 15) is 10.1 Å². The number of nitro groups is 1. The van der Waals surface area contributed by atoms with Crippen LogP contribution in [0.5, 0.6) is 0 Å². The molecule has 31 heavy (non-hydrogen) atoms. The molecule has 0 spiro atoms. The van der Waals surface area contributed by atoms with Crippen molar-refractivity contribution in [2.45, 2.75) is 25.7 Å². The number of hydrogen-bond acceptors (Lipinski definition) is 6. The van der Waals surface area contributed by atoms with E-state index in [4.69, 9.17) is 10.7 Å². The number of non-ortho nitro benzene ring substituents is 1. The van der Waals surface area contributed by atoms with E-state index in [1.165, 1.54) is 31.4 Å². The summed E-state index contributed by atoms with van der Waals surface area (Å²) in [6, 6.07) is 14.4. The van der Waals surface area contributed by atoms with Gasteiger partial charge in [0.25, 0.3) is 5.69 Å². The van der Waals surface area contributed by atoms with Crippen LogP contribution in [-0.2, 0) is 0 Å². The minimum atomic E-state index is -0.396. The van der Waals surface area contributed by atoms with Gasteiger partial charge in [-0.2, -0.15) is 0 Å². The Morgan fingerprint density at radius 3 is 2.77 bits per heavy atom. The average Bonchev–Trinajstić information content (AvgIpc) is 2.81. The first kappa shape index (κ1) is 20.9. The van der Waals surface area contributed by atoms with E-state index in [0.29, 0.717) is 17.7 Å². The van der Waals surface area contributed by atoms with Gasteiger partial charge in [-0.05, 0) is 61.4 Å². The predicted octanol–water partition coefficient (Wildman–Crippen LogP) is 4.89. The average molecular weight is 418 g/mol. The molecule has 2 unspecified atom stereocenters. The number of nitrogens with zero attached hydrogens (tertiary/aromatic N) is 3. The second-order valence-corrected chi connectivity index (χ2v) is 8.15. The number of aromatic nitrogens is 2. The van der Waals surface area contributed by atoms with Crippen molar-refractivity contribution in [3.05, 3.63) is 70.0 Å². The van der Waals surface area contributed by atoms with E-state index in [-0.39, 0.29) is 5.69 Å². The molecule has 1 saturated carbocycles. The zero-order valence-corrected chi connectivity index (χ0v) is 17.4. The molecule has 0 amide bonds. The molecule has 1 aromatic heterocycles. The van der Waals surface area contributed by atoms with E-state index in [0.717, 1.165) is 41.8 Å². The smallest absolute Gasteiger partial charge is 0.270 e. The monoisotopic (exact) mass is 417 g/mol. The van der Waals surface area contributed by atoms with Crippen molar-refractivity contribution in [2.75, 3.05) is 18.4 Å². The SMILES string of the molecule is NCC1CCCC(CNc2nc(/C=C/c3cccc([N+](=O)[O-])c3)nc3ccccc23)C1. The Balaban J connectivity index is 1.56. The number of benzene rings is 2. The molecule has 0 aliphatic heterocycles. The van der Waals surface area contributed by atoms with Crippen LogP contribution in [0.2, 0.25) is 0 Å². The third-order valence-corrected chi connectivity index (χ3v) is 5.91. The number of para-hydroxylation sites is 1. The number of rotatable bonds is 7. The molecule has 0 bridgehead atoms. The number of hydrogen-bond donors (Lipinski definition) is 2. The fraction of sp³-hybridized carbons (Fsp3) is 0.333. The van der Waals surface area contributed by atoms with Gasteiger partial charge in [-0.15, -0.1) is 0 Å². The van der Waals surface area contributed by atoms with Crippen LogP contribution in [0, 0.1) is 22.0 Å². The van der Waals surface area contributed by atoms with Crippen molar-refractivity contribution in [3.63, 3.8) is 0 Å². The number of anilines is 1. The molecule has 7 heteroatoms. The maximum absolute atomic E-state index is 11.0. The van der Waals surface area contributed by atoms with E-state index >= 15 is 0 Å². The van der Waals surface area contributed by atoms with Crippen molar-refractivity contribution in [1.82, 2.24) is 9.97 Å². The summed E-state index contributed by atoms with van der Waals surface area (Å²) in [4.78, 5) is 20.0. The lowest BCUT2D eigenvalue weighted by molar-refractivity contribution is -0.384. The zero-order valence-electron chi connectivity index (χ0n) is 17.4. The van der Waals surface area contributed by atoms with Gasteiger partial charge < -0.3 is 11.1 Å². The minimum Gasteiger partial charge on any atom is -0.369 e. The summed E-state index contributed by atoms with van der Waals surface area (Å²) in [6.07, 6.45) is 8.43. The van der Waals surface area contributed by atoms with Crippen LogP contribution < -0.4 is 11.1 Å². The highest BCUT2D eigenvalue weighted by molar-refractivity contribution is 5.90. The summed E-state index contributed by atoms with van der Waals surface area (Å²) < 4.78 is 0. The van der Waals surface area contributed by atoms with Crippen molar-refractivity contribution >= 4 is 34.6 Å². The molecule has 2 aromatic carbocycles. The molecule has 1 heterocycles. The number of nitrogens with two attached hydrogens (primary N) is 1. The fourth-order valence-electron chi connectivity index (χ4n) is 4.26. The Kier molecular flexibility index (Phi) is 6.52. The third kappa shape index (κ3) is 5.24. The summed E-state index contributed by atoms with van der Waals surface area (Å²) in [5.41, 5.74) is 7.55. The molecule has 1 aliphatic rings. The van der Waals surface area contributed by atoms with Crippen LogP contribution in [0.25, 0.3) is 23.1 Å². The lowest BCUT2D eigenvalue weighted by Gasteiger charge is -2.28. The van der Waals surface area contributed by atoms with Crippen LogP contribution in [0.15, 0.2) is 48.5 Å². The molecule has 160 valence electrons. The first-order valence-corrected chi connectivity index (χ1v) is 10.8. The van der Waals surface area contributed by atoms with Crippen LogP contribution in [0.4, 0.5) is 11.5 Å². The van der Waals surface area contributed by atoms with Crippen molar-refractivity contribution < 1.29 is 4.92 Å². The first-order valence-electron chi connectivity index (χ1n) is 10.8. The molecule has 0 saturated heterocycles. The predicted molar refractivity (Wildman–Crippen MR) is 125 cm³/mol. The normalized spacial score (nSPS) is 19.0. The van der Waals surface area contributed by atoms with E-state index < -0.39 is 4.92 Å². The van der Waals surface area contributed by atoms with Gasteiger partial charge in [0.1, 0.15) is 5.82 Å². The van der Waals surface area contributed by atoms with Gasteiger partial charge in [0, 0.05) is 24.1 Å². The molecule has 0 radical (unpaired) electrons. The van der Waals surface area contributed by atoms with Gasteiger partial charge >= 0.3 is 0 Å². The second-order valence-electron chi connectivity index (χ2n) is 8.15. The van der Waals surface area contributed by atoms with E-state index in [1.54, 1.807) is 18.2 Å². The maximum atomic E-state index is 11.0. The second kappa shape index (κ2) is 9.66. The molecule has 1 aliphatic carbocycles. The quantitative estimate of drug-likeness (QED) is 0.419. The Morgan fingerprint density at radius 1 is 1.10 bits per heavy atom. The third-order valence-electron chi connectivity index (χ3n) is 5.91. The van der Waals surface area contributed by atoms with E-state index in [2.05, 4.69) is 10.3 Å². The number of nitro benzene ring substituents is 1. The fourth-order valence-corrected chi connectivity index (χ4v) is 4.26. The molecule has 7 nitrogen and oxygen atoms in total. The molecule has 1 fully saturated rings. The Bertz CT molecular complexity index is 1100. The van der Waals surface area contributed by atoms with Crippen LogP contribution in [-0.4, -0.2) is 28.0 Å². The van der Waals surface area contributed by atoms with Gasteiger partial charge in [0.05, 0.1) is 10.4 Å². The maximum Gasteiger partial charge on any atom is 0.270 e. The van der Waals surface area contributed by atoms with Crippen LogP contribution in [0.1, 0.15) is 37.1 Å². The first-order chi connectivity index (χ1) is 15.1. The standard InChI is InChI=1S/C24H27N5O2/c25-15-18-6-3-7-19(13-18)16-26-24-21-9-1-2-10-22(21)27-23(28-24)12-11-17-5-4-8-20(14-17)29(30)31/h1-2,4-5,8-12,14,18-19H,3,6-7,13,15-16,25H2,(H,26,27,28)/b12-11+. The highest BCUT2D eigenvalue weighted by atomic mass is 16.6.